The van der Waals surface area contributed by atoms with Crippen molar-refractivity contribution in [2.24, 2.45) is 0 Å². The normalized spacial score (nSPS) is 28.7. The molecule has 0 aromatic rings. The molecule has 2 N–H and O–H groups in total. The fourth-order valence-electron chi connectivity index (χ4n) is 0.904. The Bertz CT molecular complexity index is 205. The molecule has 1 aliphatic heterocycles. The first-order valence-electron chi connectivity index (χ1n) is 3.06. The number of nitrogens with zero attached hydrogens (tertiary/aromatic N) is 2. The summed E-state index contributed by atoms with van der Waals surface area (Å²) in [6.45, 7) is -0.566. The van der Waals surface area contributed by atoms with Crippen LogP contribution in [0.3, 0.4) is 0 Å². The molecule has 11 heavy (non-hydrogen) atoms. The molecular formula is C5H9N3O3. The van der Waals surface area contributed by atoms with Crippen LogP contribution in [0.25, 0.3) is 0 Å². The summed E-state index contributed by atoms with van der Waals surface area (Å²) in [4.78, 5) is 11.2. The molecule has 1 heterocycles. The fourth-order valence-corrected chi connectivity index (χ4v) is 0.904. The van der Waals surface area contributed by atoms with Gasteiger partial charge in [-0.3, -0.25) is 15.0 Å². The van der Waals surface area contributed by atoms with E-state index in [2.05, 4.69) is 5.32 Å². The number of hydrogen-bond donors (Lipinski definition) is 2. The van der Waals surface area contributed by atoms with Gasteiger partial charge in [0, 0.05) is 19.4 Å². The molecule has 0 aromatic carbocycles. The third-order valence-electron chi connectivity index (χ3n) is 1.72. The maximum Gasteiger partial charge on any atom is 0.397 e. The van der Waals surface area contributed by atoms with Crippen LogP contribution in [0.15, 0.2) is 12.4 Å². The zero-order chi connectivity index (χ0) is 8.48. The molecule has 1 atom stereocenters. The first-order chi connectivity index (χ1) is 5.13. The molecule has 62 valence electrons. The second kappa shape index (κ2) is 2.39. The summed E-state index contributed by atoms with van der Waals surface area (Å²) in [5.41, 5.74) is 0. The summed E-state index contributed by atoms with van der Waals surface area (Å²) in [6.07, 6.45) is 2.93. The molecule has 0 saturated carbocycles. The second-order valence-corrected chi connectivity index (χ2v) is 2.30. The van der Waals surface area contributed by atoms with Gasteiger partial charge in [-0.2, -0.15) is 0 Å². The molecule has 0 bridgehead atoms. The molecule has 0 spiro atoms. The molecular weight excluding hydrogens is 150 g/mol. The second-order valence-electron chi connectivity index (χ2n) is 2.30. The van der Waals surface area contributed by atoms with Crippen LogP contribution in [0.4, 0.5) is 0 Å². The van der Waals surface area contributed by atoms with E-state index in [4.69, 9.17) is 5.11 Å². The Morgan fingerprint density at radius 2 is 2.55 bits per heavy atom. The van der Waals surface area contributed by atoms with Crippen molar-refractivity contribution in [1.82, 2.24) is 10.2 Å². The summed E-state index contributed by atoms with van der Waals surface area (Å²) in [7, 11) is 1.52. The van der Waals surface area contributed by atoms with Crippen LogP contribution in [-0.2, 0) is 0 Å². The van der Waals surface area contributed by atoms with E-state index in [1.165, 1.54) is 24.3 Å². The number of rotatable bonds is 2. The Morgan fingerprint density at radius 3 is 2.73 bits per heavy atom. The van der Waals surface area contributed by atoms with Gasteiger partial charge in [0.25, 0.3) is 0 Å². The lowest BCUT2D eigenvalue weighted by Gasteiger charge is -2.25. The van der Waals surface area contributed by atoms with Crippen LogP contribution in [0.1, 0.15) is 0 Å². The number of aliphatic hydroxyl groups is 1. The lowest BCUT2D eigenvalue weighted by atomic mass is 10.4. The molecule has 6 nitrogen and oxygen atoms in total. The summed E-state index contributed by atoms with van der Waals surface area (Å²) >= 11 is 0. The highest BCUT2D eigenvalue weighted by Gasteiger charge is 2.47. The minimum Gasteiger partial charge on any atom is -0.384 e. The van der Waals surface area contributed by atoms with Crippen molar-refractivity contribution >= 4 is 0 Å². The molecule has 1 rings (SSSR count). The van der Waals surface area contributed by atoms with E-state index in [0.717, 1.165) is 0 Å². The van der Waals surface area contributed by atoms with Gasteiger partial charge in [0.1, 0.15) is 0 Å². The highest BCUT2D eigenvalue weighted by molar-refractivity contribution is 4.96. The van der Waals surface area contributed by atoms with Crippen LogP contribution >= 0.6 is 0 Å². The summed E-state index contributed by atoms with van der Waals surface area (Å²) in [5, 5.41) is 21.7. The quantitative estimate of drug-likeness (QED) is 0.395. The average Bonchev–Trinajstić information content (AvgIpc) is 2.32. The third kappa shape index (κ3) is 0.911. The van der Waals surface area contributed by atoms with Crippen LogP contribution < -0.4 is 5.32 Å². The van der Waals surface area contributed by atoms with Crippen LogP contribution in [0.5, 0.6) is 0 Å². The maximum absolute atomic E-state index is 10.5. The smallest absolute Gasteiger partial charge is 0.384 e. The van der Waals surface area contributed by atoms with E-state index in [1.807, 2.05) is 0 Å². The first-order valence-corrected chi connectivity index (χ1v) is 3.06. The summed E-state index contributed by atoms with van der Waals surface area (Å²) < 4.78 is 0. The number of hydrogen-bond acceptors (Lipinski definition) is 5. The van der Waals surface area contributed by atoms with Gasteiger partial charge >= 0.3 is 5.79 Å². The minimum atomic E-state index is -1.56. The fraction of sp³-hybridized carbons (Fsp3) is 0.600. The lowest BCUT2D eigenvalue weighted by Crippen LogP contribution is -2.59. The first kappa shape index (κ1) is 7.80. The molecule has 0 saturated heterocycles. The van der Waals surface area contributed by atoms with Crippen LogP contribution in [0, 0.1) is 10.1 Å². The number of likely N-dealkylation sites (N-methyl/N-ethyl adjacent to an activating group) is 1. The Balaban J connectivity index is 2.86. The van der Waals surface area contributed by atoms with E-state index < -0.39 is 17.3 Å². The Kier molecular flexibility index (Phi) is 1.69. The number of aliphatic hydroxyl groups excluding tert-OH is 1. The molecule has 1 aliphatic rings. The monoisotopic (exact) mass is 159 g/mol. The van der Waals surface area contributed by atoms with Gasteiger partial charge in [0.05, 0.1) is 4.92 Å². The maximum atomic E-state index is 10.5. The van der Waals surface area contributed by atoms with E-state index in [9.17, 15) is 10.1 Å². The molecule has 0 aliphatic carbocycles. The number of nitrogens with one attached hydrogen (secondary N) is 1. The van der Waals surface area contributed by atoms with Gasteiger partial charge in [-0.15, -0.1) is 0 Å². The van der Waals surface area contributed by atoms with Gasteiger partial charge in [-0.25, -0.2) is 0 Å². The van der Waals surface area contributed by atoms with Gasteiger partial charge in [0.15, 0.2) is 6.61 Å². The zero-order valence-corrected chi connectivity index (χ0v) is 6.02. The minimum absolute atomic E-state index is 0.562. The average molecular weight is 159 g/mol. The SMILES string of the molecule is CN1C=CNC1(CO)[N+](=O)[O-]. The largest absolute Gasteiger partial charge is 0.397 e. The van der Waals surface area contributed by atoms with Gasteiger partial charge in [-0.05, 0) is 0 Å². The highest BCUT2D eigenvalue weighted by Crippen LogP contribution is 2.15. The van der Waals surface area contributed by atoms with Crippen molar-refractivity contribution in [3.05, 3.63) is 22.5 Å². The zero-order valence-electron chi connectivity index (χ0n) is 6.02. The van der Waals surface area contributed by atoms with E-state index in [-0.39, 0.29) is 0 Å². The molecule has 1 unspecified atom stereocenters. The third-order valence-corrected chi connectivity index (χ3v) is 1.72. The predicted octanol–water partition coefficient (Wildman–Crippen LogP) is -1.08. The summed E-state index contributed by atoms with van der Waals surface area (Å²) in [5.74, 6) is -1.56. The molecule has 0 aromatic heterocycles. The standard InChI is InChI=1S/C5H9N3O3/c1-7-3-2-6-5(7,4-9)8(10)11/h2-3,6,9H,4H2,1H3. The van der Waals surface area contributed by atoms with Gasteiger partial charge in [0.2, 0.25) is 0 Å². The topological polar surface area (TPSA) is 78.6 Å². The highest BCUT2D eigenvalue weighted by atomic mass is 16.6. The van der Waals surface area contributed by atoms with E-state index in [1.54, 1.807) is 0 Å². The van der Waals surface area contributed by atoms with Crippen molar-refractivity contribution in [1.29, 1.82) is 0 Å². The molecule has 6 heteroatoms. The van der Waals surface area contributed by atoms with Crippen molar-refractivity contribution < 1.29 is 10.0 Å². The lowest BCUT2D eigenvalue weighted by molar-refractivity contribution is -0.604. The molecule has 0 fully saturated rings. The van der Waals surface area contributed by atoms with Crippen LogP contribution in [-0.4, -0.2) is 34.4 Å². The van der Waals surface area contributed by atoms with Gasteiger partial charge in [-0.1, -0.05) is 0 Å². The van der Waals surface area contributed by atoms with Crippen molar-refractivity contribution in [3.8, 4) is 0 Å². The van der Waals surface area contributed by atoms with Crippen molar-refractivity contribution in [3.63, 3.8) is 0 Å². The summed E-state index contributed by atoms with van der Waals surface area (Å²) in [6, 6.07) is 0. The predicted molar refractivity (Wildman–Crippen MR) is 36.8 cm³/mol. The molecule has 0 amide bonds. The Labute approximate surface area is 63.3 Å². The Morgan fingerprint density at radius 1 is 1.91 bits per heavy atom. The molecule has 0 radical (unpaired) electrons. The van der Waals surface area contributed by atoms with Crippen LogP contribution in [0.2, 0.25) is 0 Å². The van der Waals surface area contributed by atoms with Crippen molar-refractivity contribution in [2.45, 2.75) is 5.79 Å². The van der Waals surface area contributed by atoms with E-state index >= 15 is 0 Å². The van der Waals surface area contributed by atoms with Crippen molar-refractivity contribution in [2.75, 3.05) is 13.7 Å². The van der Waals surface area contributed by atoms with Gasteiger partial charge < -0.3 is 10.4 Å². The number of nitro groups is 1. The van der Waals surface area contributed by atoms with E-state index in [0.29, 0.717) is 0 Å². The Hall–Kier alpha value is -1.30.